The summed E-state index contributed by atoms with van der Waals surface area (Å²) in [4.78, 5) is 26.1. The highest BCUT2D eigenvalue weighted by Crippen LogP contribution is 2.21. The number of aliphatic hydroxyl groups is 1. The van der Waals surface area contributed by atoms with Crippen LogP contribution < -0.4 is 10.5 Å². The molecular formula is C19H23N5O2S. The van der Waals surface area contributed by atoms with Gasteiger partial charge < -0.3 is 10.0 Å². The molecule has 0 saturated carbocycles. The van der Waals surface area contributed by atoms with Gasteiger partial charge in [-0.25, -0.2) is 9.97 Å². The Balaban J connectivity index is 1.45. The number of anilines is 1. The second-order valence-corrected chi connectivity index (χ2v) is 7.85. The van der Waals surface area contributed by atoms with Gasteiger partial charge in [-0.3, -0.25) is 14.3 Å². The molecule has 3 heterocycles. The zero-order chi connectivity index (χ0) is 18.8. The molecule has 142 valence electrons. The molecule has 0 spiro atoms. The molecule has 1 aliphatic heterocycles. The van der Waals surface area contributed by atoms with Gasteiger partial charge in [0.05, 0.1) is 41.1 Å². The number of aryl methyl sites for hydroxylation is 1. The Kier molecular flexibility index (Phi) is 5.20. The van der Waals surface area contributed by atoms with E-state index in [4.69, 9.17) is 5.11 Å². The van der Waals surface area contributed by atoms with Gasteiger partial charge in [-0.05, 0) is 25.1 Å². The zero-order valence-electron chi connectivity index (χ0n) is 15.3. The van der Waals surface area contributed by atoms with Crippen LogP contribution in [0.15, 0.2) is 34.7 Å². The van der Waals surface area contributed by atoms with Crippen LogP contribution in [0.5, 0.6) is 0 Å². The first-order valence-electron chi connectivity index (χ1n) is 9.12. The van der Waals surface area contributed by atoms with Gasteiger partial charge in [0.15, 0.2) is 0 Å². The van der Waals surface area contributed by atoms with Crippen LogP contribution in [0.3, 0.4) is 0 Å². The van der Waals surface area contributed by atoms with Gasteiger partial charge in [0.25, 0.3) is 5.56 Å². The van der Waals surface area contributed by atoms with Crippen LogP contribution in [0.1, 0.15) is 10.7 Å². The number of aliphatic hydroxyl groups excluding tert-OH is 1. The summed E-state index contributed by atoms with van der Waals surface area (Å²) in [6, 6.07) is 5.83. The molecular weight excluding hydrogens is 362 g/mol. The highest BCUT2D eigenvalue weighted by molar-refractivity contribution is 7.09. The number of thiazole rings is 1. The molecule has 4 rings (SSSR count). The van der Waals surface area contributed by atoms with Crippen LogP contribution in [0.2, 0.25) is 0 Å². The average Bonchev–Trinajstić information content (AvgIpc) is 3.09. The second-order valence-electron chi connectivity index (χ2n) is 6.79. The van der Waals surface area contributed by atoms with E-state index in [0.29, 0.717) is 10.9 Å². The molecule has 1 N–H and O–H groups in total. The number of nitrogens with zero attached hydrogens (tertiary/aromatic N) is 5. The fourth-order valence-electron chi connectivity index (χ4n) is 3.48. The van der Waals surface area contributed by atoms with Crippen molar-refractivity contribution in [2.24, 2.45) is 0 Å². The number of fused-ring (bicyclic) bond motifs is 1. The maximum Gasteiger partial charge on any atom is 0.261 e. The quantitative estimate of drug-likeness (QED) is 0.717. The Labute approximate surface area is 161 Å². The molecule has 7 nitrogen and oxygen atoms in total. The van der Waals surface area contributed by atoms with Crippen molar-refractivity contribution in [3.05, 3.63) is 51.0 Å². The van der Waals surface area contributed by atoms with Crippen LogP contribution in [0.25, 0.3) is 10.9 Å². The molecule has 0 amide bonds. The molecule has 3 aromatic rings. The van der Waals surface area contributed by atoms with Crippen LogP contribution in [-0.2, 0) is 13.1 Å². The van der Waals surface area contributed by atoms with Gasteiger partial charge in [-0.15, -0.1) is 11.3 Å². The van der Waals surface area contributed by atoms with Gasteiger partial charge in [0.2, 0.25) is 0 Å². The molecule has 8 heteroatoms. The van der Waals surface area contributed by atoms with Gasteiger partial charge in [0, 0.05) is 43.8 Å². The topological polar surface area (TPSA) is 74.5 Å². The maximum absolute atomic E-state index is 12.4. The Hall–Kier alpha value is -2.29. The first-order valence-corrected chi connectivity index (χ1v) is 10.0. The summed E-state index contributed by atoms with van der Waals surface area (Å²) < 4.78 is 1.45. The number of hydrogen-bond donors (Lipinski definition) is 1. The zero-order valence-corrected chi connectivity index (χ0v) is 16.2. The summed E-state index contributed by atoms with van der Waals surface area (Å²) in [6.07, 6.45) is 1.51. The summed E-state index contributed by atoms with van der Waals surface area (Å²) in [6.45, 7) is 6.99. The SMILES string of the molecule is Cc1nc(CN2CCN(c3ccc4c(=O)n(CCO)cnc4c3)CC2)cs1. The molecule has 27 heavy (non-hydrogen) atoms. The Morgan fingerprint density at radius 2 is 2.04 bits per heavy atom. The minimum Gasteiger partial charge on any atom is -0.395 e. The summed E-state index contributed by atoms with van der Waals surface area (Å²) in [5.41, 5.74) is 2.84. The summed E-state index contributed by atoms with van der Waals surface area (Å²) >= 11 is 1.70. The van der Waals surface area contributed by atoms with Gasteiger partial charge in [-0.1, -0.05) is 0 Å². The van der Waals surface area contributed by atoms with E-state index in [1.54, 1.807) is 11.3 Å². The number of benzene rings is 1. The average molecular weight is 385 g/mol. The predicted octanol–water partition coefficient (Wildman–Crippen LogP) is 1.48. The molecule has 0 unspecified atom stereocenters. The van der Waals surface area contributed by atoms with E-state index >= 15 is 0 Å². The number of aromatic nitrogens is 3. The standard InChI is InChI=1S/C19H23N5O2S/c1-14-21-15(12-27-14)11-22-4-6-23(7-5-22)16-2-3-17-18(10-16)20-13-24(8-9-25)19(17)26/h2-3,10,12-13,25H,4-9,11H2,1H3. The lowest BCUT2D eigenvalue weighted by atomic mass is 10.2. The largest absolute Gasteiger partial charge is 0.395 e. The first kappa shape index (κ1) is 18.1. The number of hydrogen-bond acceptors (Lipinski definition) is 7. The lowest BCUT2D eigenvalue weighted by molar-refractivity contribution is 0.247. The summed E-state index contributed by atoms with van der Waals surface area (Å²) in [5.74, 6) is 0. The third-order valence-electron chi connectivity index (χ3n) is 4.94. The highest BCUT2D eigenvalue weighted by Gasteiger charge is 2.18. The first-order chi connectivity index (χ1) is 13.1. The van der Waals surface area contributed by atoms with Gasteiger partial charge >= 0.3 is 0 Å². The molecule has 0 atom stereocenters. The predicted molar refractivity (Wildman–Crippen MR) is 107 cm³/mol. The third-order valence-corrected chi connectivity index (χ3v) is 5.76. The smallest absolute Gasteiger partial charge is 0.261 e. The van der Waals surface area contributed by atoms with Crippen LogP contribution in [0, 0.1) is 6.92 Å². The van der Waals surface area contributed by atoms with Crippen molar-refractivity contribution < 1.29 is 5.11 Å². The van der Waals surface area contributed by atoms with Crippen LogP contribution >= 0.6 is 11.3 Å². The lowest BCUT2D eigenvalue weighted by Crippen LogP contribution is -2.46. The number of rotatable bonds is 5. The van der Waals surface area contributed by atoms with E-state index in [9.17, 15) is 4.79 Å². The Morgan fingerprint density at radius 3 is 2.74 bits per heavy atom. The van der Waals surface area contributed by atoms with E-state index in [1.807, 2.05) is 25.1 Å². The maximum atomic E-state index is 12.4. The van der Waals surface area contributed by atoms with E-state index in [2.05, 4.69) is 25.1 Å². The van der Waals surface area contributed by atoms with Crippen molar-refractivity contribution in [2.75, 3.05) is 37.7 Å². The molecule has 0 radical (unpaired) electrons. The molecule has 0 aliphatic carbocycles. The van der Waals surface area contributed by atoms with Crippen molar-refractivity contribution in [2.45, 2.75) is 20.0 Å². The molecule has 1 aliphatic rings. The number of piperazine rings is 1. The molecule has 2 aromatic heterocycles. The van der Waals surface area contributed by atoms with Crippen molar-refractivity contribution >= 4 is 27.9 Å². The van der Waals surface area contributed by atoms with Crippen molar-refractivity contribution in [1.82, 2.24) is 19.4 Å². The highest BCUT2D eigenvalue weighted by atomic mass is 32.1. The van der Waals surface area contributed by atoms with Crippen molar-refractivity contribution in [3.8, 4) is 0 Å². The molecule has 1 aromatic carbocycles. The van der Waals surface area contributed by atoms with Crippen molar-refractivity contribution in [3.63, 3.8) is 0 Å². The fourth-order valence-corrected chi connectivity index (χ4v) is 4.09. The summed E-state index contributed by atoms with van der Waals surface area (Å²) in [7, 11) is 0. The van der Waals surface area contributed by atoms with E-state index in [0.717, 1.165) is 49.1 Å². The third kappa shape index (κ3) is 3.87. The molecule has 0 bridgehead atoms. The van der Waals surface area contributed by atoms with E-state index in [-0.39, 0.29) is 18.7 Å². The lowest BCUT2D eigenvalue weighted by Gasteiger charge is -2.35. The minimum atomic E-state index is -0.107. The van der Waals surface area contributed by atoms with Crippen LogP contribution in [0.4, 0.5) is 5.69 Å². The Bertz CT molecular complexity index is 991. The van der Waals surface area contributed by atoms with Crippen LogP contribution in [-0.4, -0.2) is 57.3 Å². The monoisotopic (exact) mass is 385 g/mol. The normalized spacial score (nSPS) is 15.6. The van der Waals surface area contributed by atoms with Crippen molar-refractivity contribution in [1.29, 1.82) is 0 Å². The summed E-state index contributed by atoms with van der Waals surface area (Å²) in [5, 5.41) is 12.9. The minimum absolute atomic E-state index is 0.0735. The van der Waals surface area contributed by atoms with E-state index in [1.165, 1.54) is 10.9 Å². The fraction of sp³-hybridized carbons (Fsp3) is 0.421. The van der Waals surface area contributed by atoms with Gasteiger partial charge in [0.1, 0.15) is 0 Å². The second kappa shape index (κ2) is 7.75. The van der Waals surface area contributed by atoms with Gasteiger partial charge in [-0.2, -0.15) is 0 Å². The van der Waals surface area contributed by atoms with E-state index < -0.39 is 0 Å². The molecule has 1 saturated heterocycles. The Morgan fingerprint density at radius 1 is 1.22 bits per heavy atom. The molecule has 1 fully saturated rings.